The second kappa shape index (κ2) is 6.10. The van der Waals surface area contributed by atoms with Gasteiger partial charge in [-0.1, -0.05) is 6.07 Å². The lowest BCUT2D eigenvalue weighted by Gasteiger charge is -2.08. The Bertz CT molecular complexity index is 594. The van der Waals surface area contributed by atoms with Crippen molar-refractivity contribution in [1.29, 1.82) is 0 Å². The van der Waals surface area contributed by atoms with Crippen molar-refractivity contribution < 1.29 is 23.4 Å². The van der Waals surface area contributed by atoms with Gasteiger partial charge >= 0.3 is 5.97 Å². The number of pyridine rings is 1. The molecule has 0 aliphatic heterocycles. The zero-order chi connectivity index (χ0) is 14.5. The number of halogens is 2. The van der Waals surface area contributed by atoms with E-state index >= 15 is 0 Å². The third-order valence-electron chi connectivity index (χ3n) is 2.58. The number of aromatic nitrogens is 1. The van der Waals surface area contributed by atoms with Crippen LogP contribution in [0.25, 0.3) is 0 Å². The number of hydrogen-bond acceptors (Lipinski definition) is 3. The van der Waals surface area contributed by atoms with E-state index in [1.54, 1.807) is 24.4 Å². The summed E-state index contributed by atoms with van der Waals surface area (Å²) in [7, 11) is 0. The van der Waals surface area contributed by atoms with E-state index in [0.29, 0.717) is 6.42 Å². The fourth-order valence-corrected chi connectivity index (χ4v) is 1.62. The van der Waals surface area contributed by atoms with E-state index in [-0.39, 0.29) is 6.61 Å². The minimum Gasteiger partial charge on any atom is -0.487 e. The number of carboxylic acid groups (broad SMARTS) is 1. The lowest BCUT2D eigenvalue weighted by Crippen LogP contribution is -2.07. The number of aromatic carboxylic acids is 1. The summed E-state index contributed by atoms with van der Waals surface area (Å²) in [6.45, 7) is 0.0390. The van der Waals surface area contributed by atoms with Gasteiger partial charge in [-0.3, -0.25) is 4.98 Å². The van der Waals surface area contributed by atoms with Crippen molar-refractivity contribution in [1.82, 2.24) is 4.98 Å². The summed E-state index contributed by atoms with van der Waals surface area (Å²) in [5.41, 5.74) is 0.271. The molecule has 0 radical (unpaired) electrons. The predicted molar refractivity (Wildman–Crippen MR) is 66.8 cm³/mol. The molecular formula is C14H11F2NO3. The van der Waals surface area contributed by atoms with Crippen LogP contribution >= 0.6 is 0 Å². The molecule has 0 amide bonds. The molecule has 1 aromatic heterocycles. The van der Waals surface area contributed by atoms with Crippen LogP contribution in [0, 0.1) is 11.6 Å². The van der Waals surface area contributed by atoms with Gasteiger partial charge in [0, 0.05) is 18.3 Å². The monoisotopic (exact) mass is 279 g/mol. The van der Waals surface area contributed by atoms with Crippen LogP contribution in [0.5, 0.6) is 5.75 Å². The molecule has 0 aliphatic rings. The summed E-state index contributed by atoms with van der Waals surface area (Å²) in [5.74, 6) is -4.05. The fraction of sp³-hybridized carbons (Fsp3) is 0.143. The van der Waals surface area contributed by atoms with Crippen LogP contribution in [0.1, 0.15) is 16.1 Å². The fourth-order valence-electron chi connectivity index (χ4n) is 1.62. The van der Waals surface area contributed by atoms with E-state index < -0.39 is 28.9 Å². The van der Waals surface area contributed by atoms with Crippen molar-refractivity contribution in [3.8, 4) is 5.75 Å². The van der Waals surface area contributed by atoms with Gasteiger partial charge in [-0.05, 0) is 24.3 Å². The van der Waals surface area contributed by atoms with Gasteiger partial charge in [0.2, 0.25) is 0 Å². The van der Waals surface area contributed by atoms with Gasteiger partial charge in [-0.2, -0.15) is 0 Å². The molecule has 2 aromatic rings. The molecule has 20 heavy (non-hydrogen) atoms. The minimum atomic E-state index is -1.40. The summed E-state index contributed by atoms with van der Waals surface area (Å²) < 4.78 is 32.1. The summed E-state index contributed by atoms with van der Waals surface area (Å²) in [6, 6.07) is 6.77. The number of carbonyl (C=O) groups is 1. The van der Waals surface area contributed by atoms with Crippen LogP contribution in [0.15, 0.2) is 36.5 Å². The van der Waals surface area contributed by atoms with Gasteiger partial charge in [-0.15, -0.1) is 0 Å². The number of hydrogen-bond donors (Lipinski definition) is 1. The van der Waals surface area contributed by atoms with Gasteiger partial charge in [0.25, 0.3) is 0 Å². The summed E-state index contributed by atoms with van der Waals surface area (Å²) in [6.07, 6.45) is 2.00. The molecule has 6 heteroatoms. The lowest BCUT2D eigenvalue weighted by atomic mass is 10.2. The second-order valence-corrected chi connectivity index (χ2v) is 3.99. The van der Waals surface area contributed by atoms with E-state index in [9.17, 15) is 13.6 Å². The third kappa shape index (κ3) is 3.28. The van der Waals surface area contributed by atoms with Crippen molar-refractivity contribution in [3.63, 3.8) is 0 Å². The van der Waals surface area contributed by atoms with E-state index in [1.165, 1.54) is 0 Å². The number of rotatable bonds is 5. The highest BCUT2D eigenvalue weighted by Crippen LogP contribution is 2.23. The zero-order valence-electron chi connectivity index (χ0n) is 10.3. The zero-order valence-corrected chi connectivity index (χ0v) is 10.3. The van der Waals surface area contributed by atoms with Crippen LogP contribution in [0.2, 0.25) is 0 Å². The molecule has 0 unspecified atom stereocenters. The first-order chi connectivity index (χ1) is 9.58. The second-order valence-electron chi connectivity index (χ2n) is 3.99. The average molecular weight is 279 g/mol. The van der Waals surface area contributed by atoms with Crippen molar-refractivity contribution in [2.24, 2.45) is 0 Å². The molecule has 0 saturated heterocycles. The van der Waals surface area contributed by atoms with E-state index in [4.69, 9.17) is 9.84 Å². The lowest BCUT2D eigenvalue weighted by molar-refractivity contribution is 0.0695. The number of benzene rings is 1. The van der Waals surface area contributed by atoms with E-state index in [0.717, 1.165) is 17.8 Å². The molecule has 0 bridgehead atoms. The normalized spacial score (nSPS) is 10.3. The Kier molecular flexibility index (Phi) is 4.24. The molecule has 104 valence electrons. The standard InChI is InChI=1S/C14H11F2NO3/c15-11-7-9(14(18)19)8-12(16)13(11)20-6-4-10-3-1-2-5-17-10/h1-3,5,7-8H,4,6H2,(H,18,19). The maximum Gasteiger partial charge on any atom is 0.335 e. The van der Waals surface area contributed by atoms with Crippen LogP contribution < -0.4 is 4.74 Å². The maximum atomic E-state index is 13.6. The highest BCUT2D eigenvalue weighted by molar-refractivity contribution is 5.87. The van der Waals surface area contributed by atoms with Crippen molar-refractivity contribution in [2.75, 3.05) is 6.61 Å². The molecule has 0 atom stereocenters. The Morgan fingerprint density at radius 1 is 1.25 bits per heavy atom. The molecule has 1 heterocycles. The van der Waals surface area contributed by atoms with Crippen molar-refractivity contribution >= 4 is 5.97 Å². The molecule has 4 nitrogen and oxygen atoms in total. The summed E-state index contributed by atoms with van der Waals surface area (Å²) >= 11 is 0. The molecular weight excluding hydrogens is 268 g/mol. The molecule has 2 rings (SSSR count). The summed E-state index contributed by atoms with van der Waals surface area (Å²) in [4.78, 5) is 14.7. The van der Waals surface area contributed by atoms with Crippen molar-refractivity contribution in [3.05, 3.63) is 59.4 Å². The minimum absolute atomic E-state index is 0.0390. The summed E-state index contributed by atoms with van der Waals surface area (Å²) in [5, 5.41) is 8.67. The third-order valence-corrected chi connectivity index (χ3v) is 2.58. The first kappa shape index (κ1) is 13.9. The molecule has 0 fully saturated rings. The Morgan fingerprint density at radius 2 is 1.95 bits per heavy atom. The largest absolute Gasteiger partial charge is 0.487 e. The Morgan fingerprint density at radius 3 is 2.50 bits per heavy atom. The topological polar surface area (TPSA) is 59.4 Å². The Hall–Kier alpha value is -2.50. The Labute approximate surface area is 113 Å². The Balaban J connectivity index is 2.05. The smallest absolute Gasteiger partial charge is 0.335 e. The van der Waals surface area contributed by atoms with Gasteiger partial charge in [0.15, 0.2) is 17.4 Å². The van der Waals surface area contributed by atoms with Crippen LogP contribution in [-0.2, 0) is 6.42 Å². The SMILES string of the molecule is O=C(O)c1cc(F)c(OCCc2ccccn2)c(F)c1. The number of nitrogens with zero attached hydrogens (tertiary/aromatic N) is 1. The van der Waals surface area contributed by atoms with Crippen LogP contribution in [0.3, 0.4) is 0 Å². The van der Waals surface area contributed by atoms with Crippen LogP contribution in [0.4, 0.5) is 8.78 Å². The van der Waals surface area contributed by atoms with Gasteiger partial charge in [0.05, 0.1) is 12.2 Å². The molecule has 0 aliphatic carbocycles. The van der Waals surface area contributed by atoms with Gasteiger partial charge < -0.3 is 9.84 Å². The highest BCUT2D eigenvalue weighted by Gasteiger charge is 2.15. The molecule has 0 saturated carbocycles. The van der Waals surface area contributed by atoms with Gasteiger partial charge in [-0.25, -0.2) is 13.6 Å². The molecule has 1 N–H and O–H groups in total. The first-order valence-corrected chi connectivity index (χ1v) is 5.83. The van der Waals surface area contributed by atoms with Crippen LogP contribution in [-0.4, -0.2) is 22.7 Å². The first-order valence-electron chi connectivity index (χ1n) is 5.83. The van der Waals surface area contributed by atoms with Gasteiger partial charge in [0.1, 0.15) is 0 Å². The molecule has 1 aromatic carbocycles. The average Bonchev–Trinajstić information content (AvgIpc) is 2.42. The molecule has 0 spiro atoms. The van der Waals surface area contributed by atoms with E-state index in [2.05, 4.69) is 4.98 Å². The quantitative estimate of drug-likeness (QED) is 0.914. The highest BCUT2D eigenvalue weighted by atomic mass is 19.1. The number of carboxylic acids is 1. The number of ether oxygens (including phenoxy) is 1. The predicted octanol–water partition coefficient (Wildman–Crippen LogP) is 2.68. The van der Waals surface area contributed by atoms with E-state index in [1.807, 2.05) is 0 Å². The maximum absolute atomic E-state index is 13.6. The van der Waals surface area contributed by atoms with Crippen molar-refractivity contribution in [2.45, 2.75) is 6.42 Å².